The summed E-state index contributed by atoms with van der Waals surface area (Å²) >= 11 is 0. The molecule has 0 spiro atoms. The largest absolute Gasteiger partial charge is 0.507 e. The average Bonchev–Trinajstić information content (AvgIpc) is 2.86. The molecule has 2 N–H and O–H groups in total. The van der Waals surface area contributed by atoms with Gasteiger partial charge >= 0.3 is 0 Å². The van der Waals surface area contributed by atoms with Crippen LogP contribution in [0.15, 0.2) is 82.8 Å². The van der Waals surface area contributed by atoms with Crippen LogP contribution in [0.5, 0.6) is 17.2 Å². The smallest absolute Gasteiger partial charge is 0.205 e. The van der Waals surface area contributed by atoms with Gasteiger partial charge in [-0.3, -0.25) is 4.99 Å². The Morgan fingerprint density at radius 2 is 1.47 bits per heavy atom. The molecule has 4 atom stereocenters. The average molecular weight is 483 g/mol. The minimum Gasteiger partial charge on any atom is -0.507 e. The highest BCUT2D eigenvalue weighted by molar-refractivity contribution is 5.84. The van der Waals surface area contributed by atoms with E-state index in [9.17, 15) is 10.2 Å². The van der Waals surface area contributed by atoms with Crippen molar-refractivity contribution in [2.24, 2.45) is 27.2 Å². The molecule has 5 nitrogen and oxygen atoms in total. The lowest BCUT2D eigenvalue weighted by Gasteiger charge is -2.51. The zero-order valence-electron chi connectivity index (χ0n) is 21.1. The molecule has 186 valence electrons. The molecule has 5 heteroatoms. The third-order valence-electron chi connectivity index (χ3n) is 7.77. The van der Waals surface area contributed by atoms with Gasteiger partial charge in [-0.15, -0.1) is 0 Å². The second kappa shape index (κ2) is 9.45. The standard InChI is InChI=1S/C31H34N2O3/c1-30(2,3)23-16-17-31(33-20-22-11-5-8-14-27(22)35)25(18-23)29(24-12-6-9-15-28(24)36-31)32-19-21-10-4-7-13-26(21)34/h4-15,19-20,23,25,29,34-35H,16-18H2,1-3H3/t23-,25+,29-,31-/m1/s1. The van der Waals surface area contributed by atoms with E-state index >= 15 is 0 Å². The van der Waals surface area contributed by atoms with Crippen LogP contribution in [0.1, 0.15) is 62.8 Å². The Balaban J connectivity index is 1.62. The van der Waals surface area contributed by atoms with E-state index in [4.69, 9.17) is 14.7 Å². The Hall–Kier alpha value is -3.60. The van der Waals surface area contributed by atoms with E-state index in [1.807, 2.05) is 48.5 Å². The number of benzene rings is 3. The summed E-state index contributed by atoms with van der Waals surface area (Å²) in [5.74, 6) is 1.68. The van der Waals surface area contributed by atoms with Gasteiger partial charge < -0.3 is 14.9 Å². The first-order valence-electron chi connectivity index (χ1n) is 12.7. The molecule has 1 aliphatic heterocycles. The van der Waals surface area contributed by atoms with E-state index in [2.05, 4.69) is 26.8 Å². The summed E-state index contributed by atoms with van der Waals surface area (Å²) in [5, 5.41) is 20.7. The molecule has 0 saturated heterocycles. The maximum atomic E-state index is 10.3. The first-order chi connectivity index (χ1) is 17.3. The second-order valence-electron chi connectivity index (χ2n) is 11.0. The highest BCUT2D eigenvalue weighted by atomic mass is 16.5. The van der Waals surface area contributed by atoms with Gasteiger partial charge in [-0.2, -0.15) is 0 Å². The fraction of sp³-hybridized carbons (Fsp3) is 0.355. The van der Waals surface area contributed by atoms with Crippen LogP contribution >= 0.6 is 0 Å². The lowest BCUT2D eigenvalue weighted by molar-refractivity contribution is -0.0717. The van der Waals surface area contributed by atoms with Crippen LogP contribution in [0.4, 0.5) is 0 Å². The molecular formula is C31H34N2O3. The number of phenolic OH excluding ortho intramolecular Hbond substituents is 2. The molecular weight excluding hydrogens is 448 g/mol. The van der Waals surface area contributed by atoms with Crippen molar-refractivity contribution >= 4 is 12.4 Å². The Morgan fingerprint density at radius 1 is 0.861 bits per heavy atom. The third-order valence-corrected chi connectivity index (χ3v) is 7.77. The van der Waals surface area contributed by atoms with Crippen molar-refractivity contribution in [1.82, 2.24) is 0 Å². The Kier molecular flexibility index (Phi) is 6.33. The Bertz CT molecular complexity index is 1290. The highest BCUT2D eigenvalue weighted by Gasteiger charge is 2.54. The minimum atomic E-state index is -0.793. The maximum absolute atomic E-state index is 10.3. The van der Waals surface area contributed by atoms with Crippen LogP contribution in [0.25, 0.3) is 0 Å². The van der Waals surface area contributed by atoms with Crippen molar-refractivity contribution in [2.75, 3.05) is 0 Å². The molecule has 1 heterocycles. The Morgan fingerprint density at radius 3 is 2.14 bits per heavy atom. The van der Waals surface area contributed by atoms with Gasteiger partial charge in [0.05, 0.1) is 6.04 Å². The minimum absolute atomic E-state index is 0.00501. The normalized spacial score (nSPS) is 25.9. The van der Waals surface area contributed by atoms with Gasteiger partial charge in [0, 0.05) is 41.5 Å². The van der Waals surface area contributed by atoms with Crippen molar-refractivity contribution < 1.29 is 14.9 Å². The van der Waals surface area contributed by atoms with Gasteiger partial charge in [-0.25, -0.2) is 4.99 Å². The molecule has 1 fully saturated rings. The van der Waals surface area contributed by atoms with Gasteiger partial charge in [-0.1, -0.05) is 63.2 Å². The highest BCUT2D eigenvalue weighted by Crippen LogP contribution is 2.56. The predicted octanol–water partition coefficient (Wildman–Crippen LogP) is 6.93. The third kappa shape index (κ3) is 4.62. The number of fused-ring (bicyclic) bond motifs is 2. The Labute approximate surface area is 213 Å². The van der Waals surface area contributed by atoms with Crippen molar-refractivity contribution in [3.63, 3.8) is 0 Å². The van der Waals surface area contributed by atoms with Crippen LogP contribution in [-0.2, 0) is 0 Å². The number of rotatable bonds is 4. The molecule has 0 radical (unpaired) electrons. The first-order valence-corrected chi connectivity index (χ1v) is 12.7. The van der Waals surface area contributed by atoms with E-state index < -0.39 is 5.72 Å². The van der Waals surface area contributed by atoms with Gasteiger partial charge in [-0.05, 0) is 54.5 Å². The van der Waals surface area contributed by atoms with Gasteiger partial charge in [0.2, 0.25) is 5.72 Å². The summed E-state index contributed by atoms with van der Waals surface area (Å²) in [4.78, 5) is 10.2. The summed E-state index contributed by atoms with van der Waals surface area (Å²) in [7, 11) is 0. The lowest BCUT2D eigenvalue weighted by Crippen LogP contribution is -2.52. The van der Waals surface area contributed by atoms with Crippen molar-refractivity contribution in [2.45, 2.75) is 51.8 Å². The number of hydrogen-bond acceptors (Lipinski definition) is 5. The maximum Gasteiger partial charge on any atom is 0.205 e. The van der Waals surface area contributed by atoms with Crippen molar-refractivity contribution in [3.05, 3.63) is 89.5 Å². The predicted molar refractivity (Wildman–Crippen MR) is 144 cm³/mol. The number of para-hydroxylation sites is 3. The molecule has 2 aliphatic rings. The topological polar surface area (TPSA) is 74.4 Å². The van der Waals surface area contributed by atoms with Crippen LogP contribution < -0.4 is 4.74 Å². The van der Waals surface area contributed by atoms with Crippen LogP contribution in [0, 0.1) is 17.3 Å². The molecule has 0 aromatic heterocycles. The van der Waals surface area contributed by atoms with Gasteiger partial charge in [0.15, 0.2) is 0 Å². The number of aliphatic imine (C=N–C) groups is 2. The van der Waals surface area contributed by atoms with E-state index in [0.29, 0.717) is 17.0 Å². The van der Waals surface area contributed by atoms with Crippen LogP contribution in [0.2, 0.25) is 0 Å². The molecule has 1 aliphatic carbocycles. The van der Waals surface area contributed by atoms with Crippen LogP contribution in [0.3, 0.4) is 0 Å². The van der Waals surface area contributed by atoms with Crippen molar-refractivity contribution in [1.29, 1.82) is 0 Å². The van der Waals surface area contributed by atoms with E-state index in [1.54, 1.807) is 30.6 Å². The summed E-state index contributed by atoms with van der Waals surface area (Å²) in [6.45, 7) is 6.90. The summed E-state index contributed by atoms with van der Waals surface area (Å²) in [6, 6.07) is 22.4. The molecule has 0 unspecified atom stereocenters. The second-order valence-corrected chi connectivity index (χ2v) is 11.0. The SMILES string of the molecule is CC(C)(C)[C@@H]1CC[C@@]2(N=Cc3ccccc3O)Oc3ccccc3[C@@H](N=Cc3ccccc3O)[C@@H]2C1. The summed E-state index contributed by atoms with van der Waals surface area (Å²) in [5.41, 5.74) is 1.75. The zero-order valence-corrected chi connectivity index (χ0v) is 21.1. The fourth-order valence-corrected chi connectivity index (χ4v) is 5.59. The van der Waals surface area contributed by atoms with E-state index in [1.165, 1.54) is 0 Å². The monoisotopic (exact) mass is 482 g/mol. The fourth-order valence-electron chi connectivity index (χ4n) is 5.59. The number of phenols is 2. The molecule has 3 aromatic rings. The quantitative estimate of drug-likeness (QED) is 0.396. The molecule has 0 bridgehead atoms. The lowest BCUT2D eigenvalue weighted by atomic mass is 9.63. The number of nitrogens with zero attached hydrogens (tertiary/aromatic N) is 2. The molecule has 0 amide bonds. The first kappa shape index (κ1) is 24.1. The molecule has 1 saturated carbocycles. The summed E-state index contributed by atoms with van der Waals surface area (Å²) in [6.07, 6.45) is 6.20. The summed E-state index contributed by atoms with van der Waals surface area (Å²) < 4.78 is 6.75. The van der Waals surface area contributed by atoms with Crippen molar-refractivity contribution in [3.8, 4) is 17.2 Å². The molecule has 5 rings (SSSR count). The van der Waals surface area contributed by atoms with Crippen LogP contribution in [-0.4, -0.2) is 28.4 Å². The van der Waals surface area contributed by atoms with Gasteiger partial charge in [0.1, 0.15) is 17.2 Å². The van der Waals surface area contributed by atoms with E-state index in [-0.39, 0.29) is 28.9 Å². The molecule has 36 heavy (non-hydrogen) atoms. The zero-order chi connectivity index (χ0) is 25.3. The van der Waals surface area contributed by atoms with Gasteiger partial charge in [0.25, 0.3) is 0 Å². The molecule has 3 aromatic carbocycles. The number of ether oxygens (including phenoxy) is 1. The number of aromatic hydroxyl groups is 2. The number of hydrogen-bond donors (Lipinski definition) is 2. The van der Waals surface area contributed by atoms with E-state index in [0.717, 1.165) is 30.6 Å².